The average molecular weight is 234 g/mol. The van der Waals surface area contributed by atoms with Crippen molar-refractivity contribution in [2.45, 2.75) is 19.7 Å². The topological polar surface area (TPSA) is 32.3 Å². The van der Waals surface area contributed by atoms with Crippen molar-refractivity contribution in [1.29, 1.82) is 0 Å². The molecule has 1 aliphatic heterocycles. The van der Waals surface area contributed by atoms with E-state index in [1.807, 2.05) is 18.2 Å². The van der Waals surface area contributed by atoms with Crippen molar-refractivity contribution >= 4 is 22.4 Å². The number of hydrogen-bond acceptors (Lipinski definition) is 2. The Hall–Kier alpha value is -1.09. The summed E-state index contributed by atoms with van der Waals surface area (Å²) >= 11 is 6.00. The molecular formula is C13H12ClNO. The summed E-state index contributed by atoms with van der Waals surface area (Å²) < 4.78 is 0. The largest absolute Gasteiger partial charge is 0.392 e. The third-order valence-electron chi connectivity index (χ3n) is 3.20. The summed E-state index contributed by atoms with van der Waals surface area (Å²) in [7, 11) is 0. The number of benzene rings is 2. The van der Waals surface area contributed by atoms with E-state index in [9.17, 15) is 5.11 Å². The lowest BCUT2D eigenvalue weighted by Gasteiger charge is -2.10. The monoisotopic (exact) mass is 233 g/mol. The Labute approximate surface area is 98.8 Å². The summed E-state index contributed by atoms with van der Waals surface area (Å²) in [6.07, 6.45) is 0. The van der Waals surface area contributed by atoms with Crippen molar-refractivity contribution in [3.8, 4) is 0 Å². The van der Waals surface area contributed by atoms with E-state index in [2.05, 4.69) is 11.4 Å². The van der Waals surface area contributed by atoms with Gasteiger partial charge in [0.15, 0.2) is 0 Å². The van der Waals surface area contributed by atoms with E-state index < -0.39 is 0 Å². The van der Waals surface area contributed by atoms with Crippen LogP contribution in [0.5, 0.6) is 0 Å². The van der Waals surface area contributed by atoms with Crippen LogP contribution in [0.3, 0.4) is 0 Å². The molecule has 0 aliphatic carbocycles. The van der Waals surface area contributed by atoms with Crippen LogP contribution in [-0.4, -0.2) is 5.11 Å². The fourth-order valence-corrected chi connectivity index (χ4v) is 2.60. The van der Waals surface area contributed by atoms with Crippen molar-refractivity contribution in [2.75, 3.05) is 0 Å². The lowest BCUT2D eigenvalue weighted by atomic mass is 9.96. The lowest BCUT2D eigenvalue weighted by molar-refractivity contribution is 0.282. The van der Waals surface area contributed by atoms with Gasteiger partial charge in [-0.05, 0) is 45.7 Å². The first-order valence-corrected chi connectivity index (χ1v) is 5.72. The Morgan fingerprint density at radius 2 is 2.12 bits per heavy atom. The van der Waals surface area contributed by atoms with Crippen LogP contribution in [-0.2, 0) is 19.7 Å². The molecule has 0 atom stereocenters. The van der Waals surface area contributed by atoms with E-state index in [4.69, 9.17) is 11.6 Å². The molecule has 2 aromatic carbocycles. The van der Waals surface area contributed by atoms with Crippen molar-refractivity contribution in [1.82, 2.24) is 5.32 Å². The molecule has 3 heteroatoms. The van der Waals surface area contributed by atoms with Crippen LogP contribution in [0.25, 0.3) is 10.8 Å². The highest BCUT2D eigenvalue weighted by atomic mass is 35.5. The smallest absolute Gasteiger partial charge is 0.0691 e. The van der Waals surface area contributed by atoms with Gasteiger partial charge in [-0.2, -0.15) is 0 Å². The minimum Gasteiger partial charge on any atom is -0.392 e. The van der Waals surface area contributed by atoms with E-state index in [1.54, 1.807) is 0 Å². The van der Waals surface area contributed by atoms with Crippen LogP contribution in [0, 0.1) is 0 Å². The summed E-state index contributed by atoms with van der Waals surface area (Å²) in [6.45, 7) is 1.80. The fraction of sp³-hybridized carbons (Fsp3) is 0.231. The van der Waals surface area contributed by atoms with Gasteiger partial charge in [-0.15, -0.1) is 0 Å². The molecule has 82 valence electrons. The fourth-order valence-electron chi connectivity index (χ4n) is 2.43. The minimum atomic E-state index is 0.0711. The second kappa shape index (κ2) is 3.74. The van der Waals surface area contributed by atoms with Gasteiger partial charge in [-0.3, -0.25) is 0 Å². The summed E-state index contributed by atoms with van der Waals surface area (Å²) in [5, 5.41) is 15.8. The third-order valence-corrected chi connectivity index (χ3v) is 3.43. The van der Waals surface area contributed by atoms with Crippen LogP contribution < -0.4 is 5.32 Å². The normalized spacial score (nSPS) is 14.4. The van der Waals surface area contributed by atoms with Crippen molar-refractivity contribution in [2.24, 2.45) is 0 Å². The minimum absolute atomic E-state index is 0.0711. The molecule has 0 aromatic heterocycles. The SMILES string of the molecule is OCc1c2c(cc3ccc(Cl)cc13)CNC2. The van der Waals surface area contributed by atoms with Crippen molar-refractivity contribution in [3.63, 3.8) is 0 Å². The Morgan fingerprint density at radius 1 is 1.25 bits per heavy atom. The Morgan fingerprint density at radius 3 is 2.94 bits per heavy atom. The lowest BCUT2D eigenvalue weighted by Crippen LogP contribution is -2.01. The molecule has 2 nitrogen and oxygen atoms in total. The first-order valence-electron chi connectivity index (χ1n) is 5.34. The molecule has 0 fully saturated rings. The molecule has 0 bridgehead atoms. The van der Waals surface area contributed by atoms with Crippen LogP contribution in [0.1, 0.15) is 16.7 Å². The third kappa shape index (κ3) is 1.42. The second-order valence-electron chi connectivity index (χ2n) is 4.12. The zero-order chi connectivity index (χ0) is 11.1. The molecule has 0 spiro atoms. The Kier molecular flexibility index (Phi) is 2.36. The van der Waals surface area contributed by atoms with Crippen molar-refractivity contribution in [3.05, 3.63) is 46.0 Å². The van der Waals surface area contributed by atoms with Gasteiger partial charge in [-0.25, -0.2) is 0 Å². The van der Waals surface area contributed by atoms with Gasteiger partial charge in [0.1, 0.15) is 0 Å². The first kappa shape index (κ1) is 10.1. The molecule has 0 saturated carbocycles. The average Bonchev–Trinajstić information content (AvgIpc) is 2.73. The maximum atomic E-state index is 9.52. The van der Waals surface area contributed by atoms with E-state index in [0.717, 1.165) is 29.4 Å². The molecule has 0 saturated heterocycles. The highest BCUT2D eigenvalue weighted by Gasteiger charge is 2.16. The number of nitrogens with one attached hydrogen (secondary N) is 1. The molecule has 1 aliphatic rings. The number of aliphatic hydroxyl groups excluding tert-OH is 1. The predicted molar refractivity (Wildman–Crippen MR) is 65.4 cm³/mol. The van der Waals surface area contributed by atoms with Gasteiger partial charge in [-0.1, -0.05) is 17.7 Å². The highest BCUT2D eigenvalue weighted by molar-refractivity contribution is 6.31. The van der Waals surface area contributed by atoms with Gasteiger partial charge in [0, 0.05) is 18.1 Å². The van der Waals surface area contributed by atoms with Crippen LogP contribution >= 0.6 is 11.6 Å². The Bertz CT molecular complexity index is 565. The van der Waals surface area contributed by atoms with Gasteiger partial charge in [0.05, 0.1) is 6.61 Å². The highest BCUT2D eigenvalue weighted by Crippen LogP contribution is 2.30. The number of aliphatic hydroxyl groups is 1. The molecule has 2 N–H and O–H groups in total. The number of rotatable bonds is 1. The zero-order valence-corrected chi connectivity index (χ0v) is 9.51. The van der Waals surface area contributed by atoms with E-state index >= 15 is 0 Å². The number of halogens is 1. The summed E-state index contributed by atoms with van der Waals surface area (Å²) in [4.78, 5) is 0. The Balaban J connectivity index is 2.40. The van der Waals surface area contributed by atoms with E-state index in [0.29, 0.717) is 5.02 Å². The number of fused-ring (bicyclic) bond motifs is 2. The first-order chi connectivity index (χ1) is 7.79. The molecule has 3 rings (SSSR count). The predicted octanol–water partition coefficient (Wildman–Crippen LogP) is 2.59. The van der Waals surface area contributed by atoms with Crippen LogP contribution in [0.4, 0.5) is 0 Å². The molecule has 0 unspecified atom stereocenters. The standard InChI is InChI=1S/C13H12ClNO/c14-10-2-1-8-3-9-5-15-6-12(9)13(7-16)11(8)4-10/h1-4,15-16H,5-7H2. The van der Waals surface area contributed by atoms with Crippen LogP contribution in [0.2, 0.25) is 5.02 Å². The molecule has 2 aromatic rings. The van der Waals surface area contributed by atoms with E-state index in [-0.39, 0.29) is 6.61 Å². The maximum Gasteiger partial charge on any atom is 0.0691 e. The van der Waals surface area contributed by atoms with Crippen molar-refractivity contribution < 1.29 is 5.11 Å². The van der Waals surface area contributed by atoms with Crippen LogP contribution in [0.15, 0.2) is 24.3 Å². The molecule has 0 radical (unpaired) electrons. The van der Waals surface area contributed by atoms with Gasteiger partial charge in [0.25, 0.3) is 0 Å². The molecular weight excluding hydrogens is 222 g/mol. The molecule has 16 heavy (non-hydrogen) atoms. The zero-order valence-electron chi connectivity index (χ0n) is 8.76. The maximum absolute atomic E-state index is 9.52. The molecule has 0 amide bonds. The van der Waals surface area contributed by atoms with Gasteiger partial charge < -0.3 is 10.4 Å². The summed E-state index contributed by atoms with van der Waals surface area (Å²) in [5.74, 6) is 0. The molecule has 1 heterocycles. The quantitative estimate of drug-likeness (QED) is 0.794. The van der Waals surface area contributed by atoms with Gasteiger partial charge in [0.2, 0.25) is 0 Å². The van der Waals surface area contributed by atoms with E-state index in [1.165, 1.54) is 11.1 Å². The number of hydrogen-bond donors (Lipinski definition) is 2. The summed E-state index contributed by atoms with van der Waals surface area (Å²) in [6, 6.07) is 8.01. The summed E-state index contributed by atoms with van der Waals surface area (Å²) in [5.41, 5.74) is 3.54. The second-order valence-corrected chi connectivity index (χ2v) is 4.56. The van der Waals surface area contributed by atoms with Gasteiger partial charge >= 0.3 is 0 Å².